The van der Waals surface area contributed by atoms with Gasteiger partial charge in [-0.25, -0.2) is 4.39 Å². The summed E-state index contributed by atoms with van der Waals surface area (Å²) in [6.45, 7) is 8.29. The Hall–Kier alpha value is -4.09. The predicted molar refractivity (Wildman–Crippen MR) is 164 cm³/mol. The molecular weight excluding hydrogens is 597 g/mol. The molecule has 0 saturated carbocycles. The zero-order valence-corrected chi connectivity index (χ0v) is 25.9. The molecule has 3 aromatic rings. The number of ketones is 1. The fourth-order valence-corrected chi connectivity index (χ4v) is 6.34. The van der Waals surface area contributed by atoms with Crippen LogP contribution in [-0.2, 0) is 11.4 Å². The molecule has 0 aromatic heterocycles. The third-order valence-corrected chi connectivity index (χ3v) is 8.49. The van der Waals surface area contributed by atoms with Gasteiger partial charge in [0.2, 0.25) is 0 Å². The number of aryl methyl sites for hydroxylation is 1. The number of nitriles is 1. The fourth-order valence-electron chi connectivity index (χ4n) is 6.00. The van der Waals surface area contributed by atoms with Gasteiger partial charge in [-0.05, 0) is 84.8 Å². The highest BCUT2D eigenvalue weighted by Crippen LogP contribution is 2.51. The average Bonchev–Trinajstić information content (AvgIpc) is 2.93. The van der Waals surface area contributed by atoms with Crippen LogP contribution in [0.3, 0.4) is 0 Å². The van der Waals surface area contributed by atoms with Crippen molar-refractivity contribution in [3.05, 3.63) is 110 Å². The summed E-state index contributed by atoms with van der Waals surface area (Å²) in [6.07, 6.45) is 0.813. The largest absolute Gasteiger partial charge is 0.497 e. The number of hydrogen-bond donors (Lipinski definition) is 1. The van der Waals surface area contributed by atoms with Crippen molar-refractivity contribution < 1.29 is 18.7 Å². The zero-order chi connectivity index (χ0) is 30.3. The molecule has 1 atom stereocenters. The Bertz CT molecular complexity index is 1690. The summed E-state index contributed by atoms with van der Waals surface area (Å²) in [7, 11) is 1.61. The molecule has 42 heavy (non-hydrogen) atoms. The molecule has 8 heteroatoms. The summed E-state index contributed by atoms with van der Waals surface area (Å²) in [5.74, 6) is 0.317. The van der Waals surface area contributed by atoms with Crippen LogP contribution in [0.1, 0.15) is 54.9 Å². The van der Waals surface area contributed by atoms with Crippen molar-refractivity contribution >= 4 is 27.4 Å². The average molecular weight is 631 g/mol. The van der Waals surface area contributed by atoms with Crippen LogP contribution in [-0.4, -0.2) is 12.9 Å². The third-order valence-electron chi connectivity index (χ3n) is 8.00. The number of benzene rings is 3. The highest BCUT2D eigenvalue weighted by atomic mass is 79.9. The molecule has 6 nitrogen and oxygen atoms in total. The number of nitrogens with zero attached hydrogens (tertiary/aromatic N) is 2. The van der Waals surface area contributed by atoms with Crippen LogP contribution in [0.4, 0.5) is 10.1 Å². The van der Waals surface area contributed by atoms with Gasteiger partial charge in [-0.3, -0.25) is 9.69 Å². The number of anilines is 1. The first kappa shape index (κ1) is 29.4. The minimum Gasteiger partial charge on any atom is -0.497 e. The molecular formula is C34H33BrFN3O3. The van der Waals surface area contributed by atoms with Crippen molar-refractivity contribution in [2.24, 2.45) is 11.1 Å². The number of methoxy groups -OCH3 is 1. The normalized spacial score (nSPS) is 18.1. The number of hydrogen-bond acceptors (Lipinski definition) is 6. The van der Waals surface area contributed by atoms with E-state index in [2.05, 4.69) is 28.1 Å². The number of allylic oxidation sites excluding steroid dienone is 3. The Morgan fingerprint density at radius 1 is 1.10 bits per heavy atom. The van der Waals surface area contributed by atoms with Gasteiger partial charge in [-0.1, -0.05) is 47.5 Å². The molecule has 1 unspecified atom stereocenters. The monoisotopic (exact) mass is 629 g/mol. The Kier molecular flexibility index (Phi) is 7.91. The summed E-state index contributed by atoms with van der Waals surface area (Å²) in [5.41, 5.74) is 11.6. The topological polar surface area (TPSA) is 88.6 Å². The minimum atomic E-state index is -0.678. The maximum absolute atomic E-state index is 15.4. The van der Waals surface area contributed by atoms with E-state index in [0.29, 0.717) is 40.9 Å². The second-order valence-electron chi connectivity index (χ2n) is 11.7. The van der Waals surface area contributed by atoms with E-state index < -0.39 is 11.7 Å². The summed E-state index contributed by atoms with van der Waals surface area (Å²) >= 11 is 3.32. The van der Waals surface area contributed by atoms with Crippen molar-refractivity contribution in [2.75, 3.05) is 12.0 Å². The molecule has 0 radical (unpaired) electrons. The van der Waals surface area contributed by atoms with E-state index in [-0.39, 0.29) is 28.3 Å². The lowest BCUT2D eigenvalue weighted by Crippen LogP contribution is -2.42. The summed E-state index contributed by atoms with van der Waals surface area (Å²) < 4.78 is 27.3. The molecule has 1 aliphatic heterocycles. The van der Waals surface area contributed by atoms with Crippen LogP contribution in [0.25, 0.3) is 0 Å². The Balaban J connectivity index is 1.65. The van der Waals surface area contributed by atoms with Crippen molar-refractivity contribution in [2.45, 2.75) is 53.1 Å². The third kappa shape index (κ3) is 5.41. The van der Waals surface area contributed by atoms with Crippen molar-refractivity contribution in [1.82, 2.24) is 0 Å². The quantitative estimate of drug-likeness (QED) is 0.300. The molecule has 0 spiro atoms. The Morgan fingerprint density at radius 3 is 2.43 bits per heavy atom. The number of carbonyl (C=O) groups excluding carboxylic acids is 1. The van der Waals surface area contributed by atoms with Gasteiger partial charge >= 0.3 is 0 Å². The van der Waals surface area contributed by atoms with Crippen molar-refractivity contribution in [1.29, 1.82) is 5.26 Å². The molecule has 2 aliphatic rings. The minimum absolute atomic E-state index is 0.0639. The Morgan fingerprint density at radius 2 is 1.79 bits per heavy atom. The summed E-state index contributed by atoms with van der Waals surface area (Å²) in [6, 6.07) is 18.4. The lowest BCUT2D eigenvalue weighted by molar-refractivity contribution is -0.118. The number of halogens is 2. The Labute approximate surface area is 254 Å². The second kappa shape index (κ2) is 11.3. The first-order chi connectivity index (χ1) is 19.9. The smallest absolute Gasteiger partial charge is 0.162 e. The molecule has 0 amide bonds. The first-order valence-corrected chi connectivity index (χ1v) is 14.5. The number of carbonyl (C=O) groups is 1. The predicted octanol–water partition coefficient (Wildman–Crippen LogP) is 7.73. The second-order valence-corrected chi connectivity index (χ2v) is 12.6. The molecule has 1 heterocycles. The van der Waals surface area contributed by atoms with Gasteiger partial charge in [0.1, 0.15) is 29.7 Å². The number of rotatable bonds is 6. The standard InChI is InChI=1S/C34H33BrFN3O3/c1-19-12-21(18-42-24-9-7-23(41-5)8-10-24)20(2)25(13-19)31-26(17-37)33(38)39(28-11-6-22(35)14-27(28)36)29-15-34(3,4)16-30(40)32(29)31/h6-14,31H,15-16,18,38H2,1-5H3. The molecule has 3 aromatic carbocycles. The maximum Gasteiger partial charge on any atom is 0.162 e. The van der Waals surface area contributed by atoms with E-state index >= 15 is 4.39 Å². The van der Waals surface area contributed by atoms with Crippen molar-refractivity contribution in [3.63, 3.8) is 0 Å². The van der Waals surface area contributed by atoms with E-state index in [1.807, 2.05) is 58.0 Å². The SMILES string of the molecule is COc1ccc(OCc2cc(C)cc(C3C(C#N)=C(N)N(c4ccc(Br)cc4F)C4=C3C(=O)CC(C)(C)C4)c2C)cc1. The number of ether oxygens (including phenoxy) is 2. The molecule has 0 bridgehead atoms. The highest BCUT2D eigenvalue weighted by Gasteiger charge is 2.45. The lowest BCUT2D eigenvalue weighted by atomic mass is 9.68. The molecule has 0 saturated heterocycles. The van der Waals surface area contributed by atoms with Crippen LogP contribution in [0.5, 0.6) is 11.5 Å². The van der Waals surface area contributed by atoms with Gasteiger partial charge in [-0.15, -0.1) is 0 Å². The number of Topliss-reactive ketones (excluding diaryl/α,β-unsaturated/α-hetero) is 1. The zero-order valence-electron chi connectivity index (χ0n) is 24.3. The number of nitrogens with two attached hydrogens (primary N) is 1. The van der Waals surface area contributed by atoms with Crippen LogP contribution in [0.15, 0.2) is 81.7 Å². The molecule has 216 valence electrons. The van der Waals surface area contributed by atoms with Crippen molar-refractivity contribution in [3.8, 4) is 17.6 Å². The molecule has 1 aliphatic carbocycles. The van der Waals surface area contributed by atoms with Crippen LogP contribution < -0.4 is 20.1 Å². The van der Waals surface area contributed by atoms with E-state index in [0.717, 1.165) is 28.0 Å². The van der Waals surface area contributed by atoms with Gasteiger partial charge in [-0.2, -0.15) is 5.26 Å². The van der Waals surface area contributed by atoms with Gasteiger partial charge in [0.05, 0.1) is 30.4 Å². The molecule has 5 rings (SSSR count). The maximum atomic E-state index is 15.4. The fraction of sp³-hybridized carbons (Fsp3) is 0.294. The van der Waals surface area contributed by atoms with Crippen LogP contribution in [0.2, 0.25) is 0 Å². The van der Waals surface area contributed by atoms with Gasteiger partial charge in [0.15, 0.2) is 5.78 Å². The molecule has 2 N–H and O–H groups in total. The van der Waals surface area contributed by atoms with E-state index in [4.69, 9.17) is 15.2 Å². The van der Waals surface area contributed by atoms with E-state index in [1.54, 1.807) is 24.1 Å². The highest BCUT2D eigenvalue weighted by molar-refractivity contribution is 9.10. The van der Waals surface area contributed by atoms with Gasteiger partial charge in [0.25, 0.3) is 0 Å². The molecule has 0 fully saturated rings. The lowest BCUT2D eigenvalue weighted by Gasteiger charge is -2.44. The van der Waals surface area contributed by atoms with Crippen LogP contribution in [0, 0.1) is 36.4 Å². The first-order valence-electron chi connectivity index (χ1n) is 13.7. The summed E-state index contributed by atoms with van der Waals surface area (Å²) in [4.78, 5) is 15.5. The van der Waals surface area contributed by atoms with Gasteiger partial charge in [0, 0.05) is 22.2 Å². The van der Waals surface area contributed by atoms with E-state index in [1.165, 1.54) is 6.07 Å². The van der Waals surface area contributed by atoms with E-state index in [9.17, 15) is 10.1 Å². The van der Waals surface area contributed by atoms with Gasteiger partial charge < -0.3 is 15.2 Å². The summed E-state index contributed by atoms with van der Waals surface area (Å²) in [5, 5.41) is 10.5. The van der Waals surface area contributed by atoms with Crippen LogP contribution >= 0.6 is 15.9 Å².